The van der Waals surface area contributed by atoms with Gasteiger partial charge in [-0.15, -0.1) is 0 Å². The quantitative estimate of drug-likeness (QED) is 0.216. The smallest absolute Gasteiger partial charge is 0.222 e. The molecule has 9 nitrogen and oxygen atoms in total. The summed E-state index contributed by atoms with van der Waals surface area (Å²) in [4.78, 5) is 14.3. The highest BCUT2D eigenvalue weighted by molar-refractivity contribution is 5.75. The largest absolute Gasteiger partial charge is 0.394 e. The first kappa shape index (κ1) is 33.1. The van der Waals surface area contributed by atoms with Crippen molar-refractivity contribution in [2.24, 2.45) is 46.3 Å². The van der Waals surface area contributed by atoms with E-state index in [0.29, 0.717) is 41.9 Å². The van der Waals surface area contributed by atoms with Gasteiger partial charge < -0.3 is 40.3 Å². The third-order valence-electron chi connectivity index (χ3n) is 12.7. The van der Waals surface area contributed by atoms with Crippen LogP contribution in [0.3, 0.4) is 0 Å². The summed E-state index contributed by atoms with van der Waals surface area (Å²) in [5.74, 6) is 3.10. The van der Waals surface area contributed by atoms with E-state index in [0.717, 1.165) is 32.1 Å². The summed E-state index contributed by atoms with van der Waals surface area (Å²) in [6, 6.07) is 0. The van der Waals surface area contributed by atoms with Crippen LogP contribution in [0.15, 0.2) is 0 Å². The molecule has 0 heterocycles. The van der Waals surface area contributed by atoms with Gasteiger partial charge in [0.05, 0.1) is 18.8 Å². The Balaban J connectivity index is 1.36. The summed E-state index contributed by atoms with van der Waals surface area (Å²) in [7, 11) is 3.44. The molecular weight excluding hydrogens is 526 g/mol. The SMILES string of the molecule is CO[C@@H]1C[C@@H]2C[C@H](O)CC[C@]2(C)[C@H]2CC[C@]3(C)[C@@H](C(C)CCC(=O)N(C)CC(O)C(O)C(O)C(O)CO)CC[C@H]3[C@H]12. The number of carbonyl (C=O) groups excluding carboxylic acids is 1. The van der Waals surface area contributed by atoms with E-state index >= 15 is 0 Å². The van der Waals surface area contributed by atoms with Crippen LogP contribution in [-0.2, 0) is 9.53 Å². The third-order valence-corrected chi connectivity index (χ3v) is 12.7. The maximum atomic E-state index is 13.0. The molecule has 4 aliphatic rings. The molecule has 4 rings (SSSR count). The fourth-order valence-electron chi connectivity index (χ4n) is 10.2. The lowest BCUT2D eigenvalue weighted by atomic mass is 9.43. The average molecular weight is 584 g/mol. The Morgan fingerprint density at radius 2 is 1.59 bits per heavy atom. The van der Waals surface area contributed by atoms with Crippen LogP contribution < -0.4 is 0 Å². The second-order valence-corrected chi connectivity index (χ2v) is 14.7. The summed E-state index contributed by atoms with van der Waals surface area (Å²) in [5, 5.41) is 59.2. The molecule has 6 N–H and O–H groups in total. The number of hydrogen-bond acceptors (Lipinski definition) is 8. The van der Waals surface area contributed by atoms with Gasteiger partial charge in [-0.25, -0.2) is 0 Å². The molecule has 0 saturated heterocycles. The number of carbonyl (C=O) groups is 1. The highest BCUT2D eigenvalue weighted by Crippen LogP contribution is 2.68. The van der Waals surface area contributed by atoms with Crippen molar-refractivity contribution < 1.29 is 40.2 Å². The van der Waals surface area contributed by atoms with Crippen LogP contribution in [-0.4, -0.2) is 105 Å². The first-order valence-electron chi connectivity index (χ1n) is 16.1. The van der Waals surface area contributed by atoms with Crippen LogP contribution in [0.5, 0.6) is 0 Å². The molecule has 0 radical (unpaired) electrons. The van der Waals surface area contributed by atoms with E-state index in [-0.39, 0.29) is 35.5 Å². The molecule has 4 aliphatic carbocycles. The second kappa shape index (κ2) is 13.0. The number of methoxy groups -OCH3 is 1. The lowest BCUT2D eigenvalue weighted by Gasteiger charge is -2.63. The van der Waals surface area contributed by atoms with E-state index in [1.54, 1.807) is 7.05 Å². The molecule has 0 aromatic carbocycles. The van der Waals surface area contributed by atoms with Crippen molar-refractivity contribution in [1.82, 2.24) is 4.90 Å². The maximum Gasteiger partial charge on any atom is 0.222 e. The average Bonchev–Trinajstić information content (AvgIpc) is 3.31. The topological polar surface area (TPSA) is 151 Å². The molecule has 4 fully saturated rings. The van der Waals surface area contributed by atoms with Crippen molar-refractivity contribution in [2.45, 2.75) is 122 Å². The summed E-state index contributed by atoms with van der Waals surface area (Å²) in [6.45, 7) is 6.35. The van der Waals surface area contributed by atoms with Gasteiger partial charge in [0.25, 0.3) is 0 Å². The Bertz CT molecular complexity index is 890. The van der Waals surface area contributed by atoms with Crippen LogP contribution in [0.4, 0.5) is 0 Å². The zero-order chi connectivity index (χ0) is 30.3. The molecule has 1 amide bonds. The van der Waals surface area contributed by atoms with Crippen molar-refractivity contribution in [2.75, 3.05) is 27.3 Å². The minimum atomic E-state index is -1.70. The highest BCUT2D eigenvalue weighted by atomic mass is 16.5. The van der Waals surface area contributed by atoms with E-state index < -0.39 is 31.0 Å². The van der Waals surface area contributed by atoms with Gasteiger partial charge in [0, 0.05) is 27.1 Å². The molecule has 14 atom stereocenters. The number of likely N-dealkylation sites (N-methyl/N-ethyl adjacent to an activating group) is 1. The molecule has 9 heteroatoms. The van der Waals surface area contributed by atoms with Gasteiger partial charge >= 0.3 is 0 Å². The molecule has 4 saturated carbocycles. The number of ether oxygens (including phenoxy) is 1. The first-order valence-corrected chi connectivity index (χ1v) is 16.1. The summed E-state index contributed by atoms with van der Waals surface area (Å²) < 4.78 is 6.21. The minimum Gasteiger partial charge on any atom is -0.394 e. The predicted octanol–water partition coefficient (Wildman–Crippen LogP) is 1.94. The first-order chi connectivity index (χ1) is 19.3. The Morgan fingerprint density at radius 3 is 2.24 bits per heavy atom. The fourth-order valence-corrected chi connectivity index (χ4v) is 10.2. The summed E-state index contributed by atoms with van der Waals surface area (Å²) >= 11 is 0. The van der Waals surface area contributed by atoms with Crippen LogP contribution in [0.2, 0.25) is 0 Å². The third kappa shape index (κ3) is 6.24. The highest BCUT2D eigenvalue weighted by Gasteiger charge is 2.63. The van der Waals surface area contributed by atoms with E-state index in [1.165, 1.54) is 30.6 Å². The molecule has 41 heavy (non-hydrogen) atoms. The molecule has 0 aromatic rings. The zero-order valence-electron chi connectivity index (χ0n) is 25.9. The van der Waals surface area contributed by atoms with E-state index in [1.807, 2.05) is 7.11 Å². The van der Waals surface area contributed by atoms with Crippen molar-refractivity contribution in [3.63, 3.8) is 0 Å². The van der Waals surface area contributed by atoms with Crippen LogP contribution >= 0.6 is 0 Å². The lowest BCUT2D eigenvalue weighted by Crippen LogP contribution is -2.59. The standard InChI is InChI=1S/C32H57NO8/c1-18(6-9-27(38)33(4)16-24(36)29(39)30(40)25(37)17-34)21-7-8-22-28-23(11-13-32(21,22)3)31(2)12-10-20(35)14-19(31)15-26(28)41-5/h18-26,28-30,34-37,39-40H,6-17H2,1-5H3/t18?,19-,20+,21+,22-,23-,24?,25?,26+,28-,29?,30?,31-,32+/m0/s1. The van der Waals surface area contributed by atoms with Crippen molar-refractivity contribution >= 4 is 5.91 Å². The minimum absolute atomic E-state index is 0.131. The number of hydrogen-bond donors (Lipinski definition) is 6. The molecule has 238 valence electrons. The number of fused-ring (bicyclic) bond motifs is 5. The monoisotopic (exact) mass is 583 g/mol. The molecular formula is C32H57NO8. The van der Waals surface area contributed by atoms with Crippen LogP contribution in [0, 0.1) is 46.3 Å². The van der Waals surface area contributed by atoms with Gasteiger partial charge in [-0.3, -0.25) is 4.79 Å². The molecule has 5 unspecified atom stereocenters. The van der Waals surface area contributed by atoms with E-state index in [9.17, 15) is 30.3 Å². The molecule has 0 aliphatic heterocycles. The Morgan fingerprint density at radius 1 is 0.951 bits per heavy atom. The summed E-state index contributed by atoms with van der Waals surface area (Å²) in [5.41, 5.74) is 0.499. The fraction of sp³-hybridized carbons (Fsp3) is 0.969. The normalized spacial score (nSPS) is 42.3. The van der Waals surface area contributed by atoms with Gasteiger partial charge in [-0.2, -0.15) is 0 Å². The van der Waals surface area contributed by atoms with E-state index in [4.69, 9.17) is 9.84 Å². The predicted molar refractivity (Wildman–Crippen MR) is 155 cm³/mol. The number of amides is 1. The molecule has 0 bridgehead atoms. The maximum absolute atomic E-state index is 13.0. The number of nitrogens with zero attached hydrogens (tertiary/aromatic N) is 1. The second-order valence-electron chi connectivity index (χ2n) is 14.7. The van der Waals surface area contributed by atoms with Crippen molar-refractivity contribution in [3.8, 4) is 0 Å². The summed E-state index contributed by atoms with van der Waals surface area (Å²) in [6.07, 6.45) is 3.55. The van der Waals surface area contributed by atoms with E-state index in [2.05, 4.69) is 20.8 Å². The van der Waals surface area contributed by atoms with Crippen molar-refractivity contribution in [3.05, 3.63) is 0 Å². The Hall–Kier alpha value is -0.810. The van der Waals surface area contributed by atoms with Crippen LogP contribution in [0.1, 0.15) is 85.0 Å². The number of aliphatic hydroxyl groups is 6. The van der Waals surface area contributed by atoms with Gasteiger partial charge in [0.15, 0.2) is 0 Å². The number of aliphatic hydroxyl groups excluding tert-OH is 6. The Labute approximate surface area is 246 Å². The molecule has 0 aromatic heterocycles. The van der Waals surface area contributed by atoms with Gasteiger partial charge in [-0.1, -0.05) is 20.8 Å². The lowest BCUT2D eigenvalue weighted by molar-refractivity contribution is -0.181. The zero-order valence-corrected chi connectivity index (χ0v) is 25.9. The Kier molecular flexibility index (Phi) is 10.5. The number of rotatable bonds is 11. The molecule has 0 spiro atoms. The van der Waals surface area contributed by atoms with Crippen molar-refractivity contribution in [1.29, 1.82) is 0 Å². The van der Waals surface area contributed by atoms with Gasteiger partial charge in [0.2, 0.25) is 5.91 Å². The van der Waals surface area contributed by atoms with Gasteiger partial charge in [0.1, 0.15) is 24.4 Å². The van der Waals surface area contributed by atoms with Crippen LogP contribution in [0.25, 0.3) is 0 Å². The van der Waals surface area contributed by atoms with Gasteiger partial charge in [-0.05, 0) is 104 Å².